The summed E-state index contributed by atoms with van der Waals surface area (Å²) in [5.41, 5.74) is 1.79. The molecule has 0 aliphatic carbocycles. The molecule has 2 heterocycles. The average Bonchev–Trinajstić information content (AvgIpc) is 3.35. The van der Waals surface area contributed by atoms with Gasteiger partial charge in [-0.05, 0) is 34.7 Å². The molecule has 6 heteroatoms. The van der Waals surface area contributed by atoms with Crippen molar-refractivity contribution in [3.05, 3.63) is 90.5 Å². The molecule has 2 aliphatic heterocycles. The van der Waals surface area contributed by atoms with E-state index in [-0.39, 0.29) is 5.91 Å². The van der Waals surface area contributed by atoms with Gasteiger partial charge >= 0.3 is 5.97 Å². The van der Waals surface area contributed by atoms with E-state index in [0.717, 1.165) is 16.7 Å². The van der Waals surface area contributed by atoms with E-state index in [1.165, 1.54) is 4.90 Å². The number of imide groups is 1. The van der Waals surface area contributed by atoms with Crippen LogP contribution in [-0.2, 0) is 14.4 Å². The van der Waals surface area contributed by atoms with Gasteiger partial charge in [0.2, 0.25) is 11.8 Å². The fourth-order valence-electron chi connectivity index (χ4n) is 5.55. The third-order valence-electron chi connectivity index (χ3n) is 7.25. The number of benzene rings is 3. The summed E-state index contributed by atoms with van der Waals surface area (Å²) >= 11 is 0. The SMILES string of the molecule is CC(C)C1(C(=O)O)NC(c2ccc(-c3ccccc3)cc2)C2C(=O)N(c3ccccc3)C(=O)C21. The maximum Gasteiger partial charge on any atom is 0.325 e. The van der Waals surface area contributed by atoms with E-state index in [4.69, 9.17) is 0 Å². The molecule has 2 fully saturated rings. The van der Waals surface area contributed by atoms with Crippen molar-refractivity contribution in [2.24, 2.45) is 17.8 Å². The lowest BCUT2D eigenvalue weighted by Gasteiger charge is -2.34. The number of carbonyl (C=O) groups is 3. The average molecular weight is 455 g/mol. The maximum atomic E-state index is 13.7. The Morgan fingerprint density at radius 3 is 1.97 bits per heavy atom. The van der Waals surface area contributed by atoms with E-state index in [0.29, 0.717) is 5.69 Å². The molecule has 0 saturated carbocycles. The van der Waals surface area contributed by atoms with Gasteiger partial charge in [-0.2, -0.15) is 0 Å². The number of nitrogens with one attached hydrogen (secondary N) is 1. The van der Waals surface area contributed by atoms with E-state index >= 15 is 0 Å². The van der Waals surface area contributed by atoms with E-state index in [2.05, 4.69) is 5.32 Å². The molecule has 172 valence electrons. The number of carboxylic acid groups (broad SMARTS) is 1. The molecule has 6 nitrogen and oxygen atoms in total. The van der Waals surface area contributed by atoms with Gasteiger partial charge in [0.15, 0.2) is 0 Å². The second-order valence-electron chi connectivity index (χ2n) is 9.29. The van der Waals surface area contributed by atoms with E-state index in [1.807, 2.05) is 60.7 Å². The smallest absolute Gasteiger partial charge is 0.325 e. The number of rotatable bonds is 5. The van der Waals surface area contributed by atoms with Crippen molar-refractivity contribution in [1.29, 1.82) is 0 Å². The highest BCUT2D eigenvalue weighted by molar-refractivity contribution is 6.24. The van der Waals surface area contributed by atoms with Crippen LogP contribution in [-0.4, -0.2) is 28.4 Å². The molecule has 2 saturated heterocycles. The predicted octanol–water partition coefficient (Wildman–Crippen LogP) is 4.28. The minimum Gasteiger partial charge on any atom is -0.480 e. The minimum atomic E-state index is -1.55. The number of anilines is 1. The quantitative estimate of drug-likeness (QED) is 0.562. The molecular formula is C28H26N2O4. The maximum absolute atomic E-state index is 13.7. The van der Waals surface area contributed by atoms with Crippen LogP contribution in [0, 0.1) is 17.8 Å². The highest BCUT2D eigenvalue weighted by Crippen LogP contribution is 2.52. The van der Waals surface area contributed by atoms with Crippen molar-refractivity contribution in [3.63, 3.8) is 0 Å². The van der Waals surface area contributed by atoms with Crippen LogP contribution < -0.4 is 10.2 Å². The van der Waals surface area contributed by atoms with Crippen LogP contribution in [0.15, 0.2) is 84.9 Å². The van der Waals surface area contributed by atoms with E-state index < -0.39 is 41.2 Å². The zero-order chi connectivity index (χ0) is 24.0. The summed E-state index contributed by atoms with van der Waals surface area (Å²) in [7, 11) is 0. The number of para-hydroxylation sites is 1. The van der Waals surface area contributed by atoms with Gasteiger partial charge in [-0.1, -0.05) is 86.6 Å². The van der Waals surface area contributed by atoms with Gasteiger partial charge in [0, 0.05) is 6.04 Å². The third kappa shape index (κ3) is 3.17. The molecule has 2 N–H and O–H groups in total. The van der Waals surface area contributed by atoms with Crippen LogP contribution in [0.25, 0.3) is 11.1 Å². The van der Waals surface area contributed by atoms with Crippen molar-refractivity contribution in [1.82, 2.24) is 5.32 Å². The van der Waals surface area contributed by atoms with Crippen molar-refractivity contribution >= 4 is 23.5 Å². The topological polar surface area (TPSA) is 86.7 Å². The van der Waals surface area contributed by atoms with Crippen molar-refractivity contribution < 1.29 is 19.5 Å². The Hall–Kier alpha value is -3.77. The number of nitrogens with zero attached hydrogens (tertiary/aromatic N) is 1. The number of aliphatic carboxylic acids is 1. The standard InChI is InChI=1S/C28H26N2O4/c1-17(2)28(27(33)34)23-22(25(31)30(26(23)32)21-11-7-4-8-12-21)24(29-28)20-15-13-19(14-16-20)18-9-5-3-6-10-18/h3-17,22-24,29H,1-2H3,(H,33,34). The first-order valence-corrected chi connectivity index (χ1v) is 11.5. The van der Waals surface area contributed by atoms with Crippen molar-refractivity contribution in [2.45, 2.75) is 25.4 Å². The first-order valence-electron chi connectivity index (χ1n) is 11.5. The number of hydrogen-bond acceptors (Lipinski definition) is 4. The van der Waals surface area contributed by atoms with Crippen LogP contribution in [0.3, 0.4) is 0 Å². The van der Waals surface area contributed by atoms with Crippen LogP contribution in [0.4, 0.5) is 5.69 Å². The number of carboxylic acids is 1. The summed E-state index contributed by atoms with van der Waals surface area (Å²) in [6.45, 7) is 3.56. The fraction of sp³-hybridized carbons (Fsp3) is 0.250. The molecule has 0 radical (unpaired) electrons. The minimum absolute atomic E-state index is 0.366. The van der Waals surface area contributed by atoms with Gasteiger partial charge in [0.25, 0.3) is 0 Å². The largest absolute Gasteiger partial charge is 0.480 e. The molecule has 2 amide bonds. The normalized spacial score (nSPS) is 26.2. The Labute approximate surface area is 198 Å². The zero-order valence-electron chi connectivity index (χ0n) is 19.0. The van der Waals surface area contributed by atoms with Crippen molar-refractivity contribution in [3.8, 4) is 11.1 Å². The van der Waals surface area contributed by atoms with Gasteiger partial charge in [-0.15, -0.1) is 0 Å². The molecular weight excluding hydrogens is 428 g/mol. The second kappa shape index (κ2) is 8.22. The van der Waals surface area contributed by atoms with Gasteiger partial charge < -0.3 is 5.11 Å². The van der Waals surface area contributed by atoms with Crippen LogP contribution in [0.2, 0.25) is 0 Å². The molecule has 3 aromatic carbocycles. The predicted molar refractivity (Wildman–Crippen MR) is 129 cm³/mol. The van der Waals surface area contributed by atoms with Gasteiger partial charge in [0.05, 0.1) is 17.5 Å². The monoisotopic (exact) mass is 454 g/mol. The summed E-state index contributed by atoms with van der Waals surface area (Å²) in [5.74, 6) is -4.18. The molecule has 0 bridgehead atoms. The van der Waals surface area contributed by atoms with E-state index in [9.17, 15) is 19.5 Å². The molecule has 5 rings (SSSR count). The van der Waals surface area contributed by atoms with Crippen LogP contribution in [0.1, 0.15) is 25.5 Å². The zero-order valence-corrected chi connectivity index (χ0v) is 19.0. The summed E-state index contributed by atoms with van der Waals surface area (Å²) in [4.78, 5) is 41.2. The molecule has 2 aliphatic rings. The Morgan fingerprint density at radius 2 is 1.41 bits per heavy atom. The summed E-state index contributed by atoms with van der Waals surface area (Å²) in [6, 6.07) is 25.8. The van der Waals surface area contributed by atoms with Crippen LogP contribution >= 0.6 is 0 Å². The lowest BCUT2D eigenvalue weighted by molar-refractivity contribution is -0.151. The van der Waals surface area contributed by atoms with Crippen molar-refractivity contribution in [2.75, 3.05) is 4.90 Å². The Kier molecular flexibility index (Phi) is 5.33. The first kappa shape index (κ1) is 22.0. The Balaban J connectivity index is 1.59. The molecule has 0 spiro atoms. The number of hydrogen-bond donors (Lipinski definition) is 2. The summed E-state index contributed by atoms with van der Waals surface area (Å²) in [5, 5.41) is 13.6. The number of amides is 2. The van der Waals surface area contributed by atoms with Gasteiger partial charge in [0.1, 0.15) is 5.54 Å². The summed E-state index contributed by atoms with van der Waals surface area (Å²) in [6.07, 6.45) is 0. The first-order chi connectivity index (χ1) is 16.4. The Bertz CT molecular complexity index is 1240. The molecule has 0 aromatic heterocycles. The van der Waals surface area contributed by atoms with E-state index in [1.54, 1.807) is 38.1 Å². The number of carbonyl (C=O) groups excluding carboxylic acids is 2. The molecule has 4 atom stereocenters. The lowest BCUT2D eigenvalue weighted by atomic mass is 9.73. The fourth-order valence-corrected chi connectivity index (χ4v) is 5.55. The molecule has 4 unspecified atom stereocenters. The van der Waals surface area contributed by atoms with Gasteiger partial charge in [-0.25, -0.2) is 4.90 Å². The van der Waals surface area contributed by atoms with Gasteiger partial charge in [-0.3, -0.25) is 19.7 Å². The highest BCUT2D eigenvalue weighted by atomic mass is 16.4. The molecule has 34 heavy (non-hydrogen) atoms. The second-order valence-corrected chi connectivity index (χ2v) is 9.29. The Morgan fingerprint density at radius 1 is 0.853 bits per heavy atom. The lowest BCUT2D eigenvalue weighted by Crippen LogP contribution is -2.59. The summed E-state index contributed by atoms with van der Waals surface area (Å²) < 4.78 is 0. The molecule has 3 aromatic rings. The third-order valence-corrected chi connectivity index (χ3v) is 7.25. The highest BCUT2D eigenvalue weighted by Gasteiger charge is 2.69. The number of fused-ring (bicyclic) bond motifs is 1. The van der Waals surface area contributed by atoms with Crippen LogP contribution in [0.5, 0.6) is 0 Å².